The fourth-order valence-electron chi connectivity index (χ4n) is 1.78. The molecular weight excluding hydrogens is 240 g/mol. The number of hydrogen-bond donors (Lipinski definition) is 0. The van der Waals surface area contributed by atoms with Gasteiger partial charge in [0.25, 0.3) is 5.52 Å². The topological polar surface area (TPSA) is 3.88 Å². The third kappa shape index (κ3) is 1.61. The van der Waals surface area contributed by atoms with Crippen molar-refractivity contribution in [1.82, 2.24) is 0 Å². The van der Waals surface area contributed by atoms with Crippen molar-refractivity contribution in [3.05, 3.63) is 59.6 Å². The minimum atomic E-state index is -0.819. The van der Waals surface area contributed by atoms with Crippen LogP contribution < -0.4 is 4.57 Å². The first kappa shape index (κ1) is 10.4. The molecule has 3 aromatic rings. The highest BCUT2D eigenvalue weighted by molar-refractivity contribution is 7.16. The molecule has 2 aromatic carbocycles. The monoisotopic (exact) mass is 248 g/mol. The number of nitrogens with zero attached hydrogens (tertiary/aromatic N) is 1. The van der Waals surface area contributed by atoms with Crippen LogP contribution in [0.2, 0.25) is 0 Å². The summed E-state index contributed by atoms with van der Waals surface area (Å²) >= 11 is 1.39. The molecule has 1 aromatic heterocycles. The summed E-state index contributed by atoms with van der Waals surface area (Å²) < 4.78 is 29.4. The molecule has 0 atom stereocenters. The lowest BCUT2D eigenvalue weighted by Gasteiger charge is -1.95. The fourth-order valence-corrected chi connectivity index (χ4v) is 2.67. The molecule has 0 unspecified atom stereocenters. The highest BCUT2D eigenvalue weighted by Gasteiger charge is 2.21. The summed E-state index contributed by atoms with van der Waals surface area (Å²) in [5.41, 5.74) is 2.90. The molecule has 84 valence electrons. The average Bonchev–Trinajstić information content (AvgIpc) is 2.79. The Bertz CT molecular complexity index is 676. The molecule has 0 fully saturated rings. The van der Waals surface area contributed by atoms with E-state index in [0.29, 0.717) is 5.52 Å². The minimum absolute atomic E-state index is 0.293. The quantitative estimate of drug-likeness (QED) is 0.581. The van der Waals surface area contributed by atoms with E-state index in [1.165, 1.54) is 11.3 Å². The van der Waals surface area contributed by atoms with Crippen LogP contribution in [0.15, 0.2) is 48.0 Å². The van der Waals surface area contributed by atoms with E-state index in [4.69, 9.17) is 0 Å². The van der Waals surface area contributed by atoms with Gasteiger partial charge in [-0.2, -0.15) is 4.39 Å². The predicted octanol–water partition coefficient (Wildman–Crippen LogP) is 3.46. The lowest BCUT2D eigenvalue weighted by molar-refractivity contribution is -0.563. The maximum atomic E-state index is 13.8. The smallest absolute Gasteiger partial charge is 0.203 e. The van der Waals surface area contributed by atoms with E-state index in [9.17, 15) is 8.78 Å². The minimum Gasteiger partial charge on any atom is -0.203 e. The number of hydrogen-bond acceptors (Lipinski definition) is 1. The Kier molecular flexibility index (Phi) is 2.37. The van der Waals surface area contributed by atoms with Crippen molar-refractivity contribution in [2.45, 2.75) is 0 Å². The van der Waals surface area contributed by atoms with E-state index in [1.54, 1.807) is 16.1 Å². The molecule has 4 heteroatoms. The molecule has 0 spiro atoms. The predicted molar refractivity (Wildman–Crippen MR) is 63.3 cm³/mol. The Hall–Kier alpha value is -1.81. The number of thiazole rings is 1. The van der Waals surface area contributed by atoms with Crippen LogP contribution in [0.4, 0.5) is 8.78 Å². The molecule has 0 radical (unpaired) electrons. The Morgan fingerprint density at radius 1 is 0.941 bits per heavy atom. The molecule has 3 rings (SSSR count). The first-order valence-electron chi connectivity index (χ1n) is 5.09. The van der Waals surface area contributed by atoms with Gasteiger partial charge < -0.3 is 0 Å². The Balaban J connectivity index is 2.35. The highest BCUT2D eigenvalue weighted by atomic mass is 32.1. The number of halogens is 2. The van der Waals surface area contributed by atoms with Gasteiger partial charge in [-0.15, -0.1) is 4.57 Å². The van der Waals surface area contributed by atoms with E-state index in [2.05, 4.69) is 0 Å². The van der Waals surface area contributed by atoms with Crippen molar-refractivity contribution in [2.24, 2.45) is 0 Å². The maximum Gasteiger partial charge on any atom is 0.268 e. The van der Waals surface area contributed by atoms with Crippen LogP contribution >= 0.6 is 11.3 Å². The van der Waals surface area contributed by atoms with E-state index < -0.39 is 11.6 Å². The van der Waals surface area contributed by atoms with E-state index >= 15 is 0 Å². The third-order valence-electron chi connectivity index (χ3n) is 2.59. The van der Waals surface area contributed by atoms with Gasteiger partial charge in [0, 0.05) is 12.1 Å². The fraction of sp³-hybridized carbons (Fsp3) is 0. The maximum absolute atomic E-state index is 13.8. The molecule has 1 nitrogen and oxygen atoms in total. The van der Waals surface area contributed by atoms with Crippen LogP contribution in [0, 0.1) is 11.6 Å². The van der Waals surface area contributed by atoms with Crippen LogP contribution in [0.5, 0.6) is 0 Å². The summed E-state index contributed by atoms with van der Waals surface area (Å²) in [7, 11) is 0. The van der Waals surface area contributed by atoms with Crippen LogP contribution in [0.25, 0.3) is 15.9 Å². The van der Waals surface area contributed by atoms with E-state index in [-0.39, 0.29) is 0 Å². The van der Waals surface area contributed by atoms with Crippen molar-refractivity contribution in [1.29, 1.82) is 0 Å². The Morgan fingerprint density at radius 2 is 1.71 bits per heavy atom. The van der Waals surface area contributed by atoms with Crippen LogP contribution in [-0.4, -0.2) is 0 Å². The van der Waals surface area contributed by atoms with Crippen LogP contribution in [0.3, 0.4) is 0 Å². The van der Waals surface area contributed by atoms with Gasteiger partial charge in [0.1, 0.15) is 4.70 Å². The number of benzene rings is 2. The molecule has 0 saturated heterocycles. The second-order valence-corrected chi connectivity index (χ2v) is 4.52. The standard InChI is InChI=1S/C13H8F2NS/c14-10-6-7-11-13(12(10)15)16(8-17-11)9-4-2-1-3-5-9/h1-8H/q+1. The largest absolute Gasteiger partial charge is 0.268 e. The van der Waals surface area contributed by atoms with Gasteiger partial charge in [0.05, 0.1) is 0 Å². The van der Waals surface area contributed by atoms with Crippen molar-refractivity contribution in [3.8, 4) is 5.69 Å². The van der Waals surface area contributed by atoms with Crippen LogP contribution in [-0.2, 0) is 0 Å². The molecule has 0 saturated carbocycles. The second-order valence-electron chi connectivity index (χ2n) is 3.64. The van der Waals surface area contributed by atoms with Gasteiger partial charge in [-0.1, -0.05) is 29.5 Å². The van der Waals surface area contributed by atoms with Gasteiger partial charge in [0.15, 0.2) is 5.82 Å². The van der Waals surface area contributed by atoms with Crippen molar-refractivity contribution >= 4 is 21.6 Å². The van der Waals surface area contributed by atoms with Gasteiger partial charge >= 0.3 is 0 Å². The molecule has 0 aliphatic heterocycles. The lowest BCUT2D eigenvalue weighted by atomic mass is 10.2. The van der Waals surface area contributed by atoms with E-state index in [0.717, 1.165) is 16.5 Å². The highest BCUT2D eigenvalue weighted by Crippen LogP contribution is 2.22. The molecule has 0 amide bonds. The zero-order valence-corrected chi connectivity index (χ0v) is 9.55. The third-order valence-corrected chi connectivity index (χ3v) is 3.49. The summed E-state index contributed by atoms with van der Waals surface area (Å²) in [5.74, 6) is -1.62. The van der Waals surface area contributed by atoms with E-state index in [1.807, 2.05) is 30.3 Å². The van der Waals surface area contributed by atoms with Gasteiger partial charge in [-0.05, 0) is 12.1 Å². The number of aromatic nitrogens is 1. The van der Waals surface area contributed by atoms with Crippen LogP contribution in [0.1, 0.15) is 0 Å². The van der Waals surface area contributed by atoms with Crippen molar-refractivity contribution in [3.63, 3.8) is 0 Å². The average molecular weight is 248 g/mol. The molecule has 0 aliphatic carbocycles. The summed E-state index contributed by atoms with van der Waals surface area (Å²) in [4.78, 5) is 0. The zero-order valence-electron chi connectivity index (χ0n) is 8.73. The first-order valence-corrected chi connectivity index (χ1v) is 5.97. The van der Waals surface area contributed by atoms with Crippen molar-refractivity contribution in [2.75, 3.05) is 0 Å². The Morgan fingerprint density at radius 3 is 2.47 bits per heavy atom. The molecule has 1 heterocycles. The molecule has 0 bridgehead atoms. The summed E-state index contributed by atoms with van der Waals surface area (Å²) in [6.07, 6.45) is 0. The number of fused-ring (bicyclic) bond motifs is 1. The normalized spacial score (nSPS) is 10.9. The lowest BCUT2D eigenvalue weighted by Crippen LogP contribution is -2.29. The molecule has 0 aliphatic rings. The SMILES string of the molecule is Fc1ccc2sc[n+](-c3ccccc3)c2c1F. The Labute approximate surface area is 101 Å². The van der Waals surface area contributed by atoms with Gasteiger partial charge in [0.2, 0.25) is 17.0 Å². The number of rotatable bonds is 1. The molecule has 17 heavy (non-hydrogen) atoms. The second kappa shape index (κ2) is 3.89. The number of para-hydroxylation sites is 1. The molecular formula is C13H8F2NS+. The van der Waals surface area contributed by atoms with Gasteiger partial charge in [-0.3, -0.25) is 0 Å². The summed E-state index contributed by atoms with van der Waals surface area (Å²) in [5, 5.41) is 0. The first-order chi connectivity index (χ1) is 8.27. The van der Waals surface area contributed by atoms with Crippen molar-refractivity contribution < 1.29 is 13.3 Å². The zero-order chi connectivity index (χ0) is 11.8. The van der Waals surface area contributed by atoms with Gasteiger partial charge in [-0.25, -0.2) is 4.39 Å². The summed E-state index contributed by atoms with van der Waals surface area (Å²) in [6.45, 7) is 0. The summed E-state index contributed by atoms with van der Waals surface area (Å²) in [6, 6.07) is 12.1. The molecule has 0 N–H and O–H groups in total.